The first-order chi connectivity index (χ1) is 15.2. The Labute approximate surface area is 181 Å². The maximum atomic E-state index is 13.2. The molecule has 0 unspecified atom stereocenters. The summed E-state index contributed by atoms with van der Waals surface area (Å²) in [6.07, 6.45) is 0. The lowest BCUT2D eigenvalue weighted by Gasteiger charge is -2.21. The highest BCUT2D eigenvalue weighted by Crippen LogP contribution is 2.25. The molecule has 0 saturated carbocycles. The van der Waals surface area contributed by atoms with Crippen molar-refractivity contribution in [2.24, 2.45) is 0 Å². The number of halogens is 1. The van der Waals surface area contributed by atoms with Crippen molar-refractivity contribution in [3.05, 3.63) is 137 Å². The Balaban J connectivity index is 1.56. The largest absolute Gasteiger partial charge is 0.488 e. The topological polar surface area (TPSA) is 38.3 Å². The van der Waals surface area contributed by atoms with E-state index in [9.17, 15) is 9.18 Å². The fraction of sp³-hybridized carbons (Fsp3) is 0.0741. The second-order valence-electron chi connectivity index (χ2n) is 7.14. The van der Waals surface area contributed by atoms with Gasteiger partial charge < -0.3 is 10.1 Å². The summed E-state index contributed by atoms with van der Waals surface area (Å²) in [5.41, 5.74) is 3.25. The van der Waals surface area contributed by atoms with Gasteiger partial charge in [0.15, 0.2) is 0 Å². The van der Waals surface area contributed by atoms with E-state index in [1.807, 2.05) is 66.7 Å². The molecule has 0 spiro atoms. The molecule has 4 aromatic rings. The minimum Gasteiger partial charge on any atom is -0.488 e. The number of rotatable bonds is 7. The summed E-state index contributed by atoms with van der Waals surface area (Å²) in [5.74, 6) is -0.0481. The van der Waals surface area contributed by atoms with Crippen LogP contribution in [0.3, 0.4) is 0 Å². The van der Waals surface area contributed by atoms with Gasteiger partial charge in [0.05, 0.1) is 11.6 Å². The predicted molar refractivity (Wildman–Crippen MR) is 119 cm³/mol. The standard InChI is InChI=1S/C27H22FNO2/c28-23-17-15-20(16-18-23)19-31-25-14-8-7-13-24(25)27(30)29-26(21-9-3-1-4-10-21)22-11-5-2-6-12-22/h1-18,26H,19H2,(H,29,30). The molecular weight excluding hydrogens is 389 g/mol. The van der Waals surface area contributed by atoms with Crippen LogP contribution in [0.5, 0.6) is 5.75 Å². The van der Waals surface area contributed by atoms with E-state index in [0.717, 1.165) is 16.7 Å². The second-order valence-corrected chi connectivity index (χ2v) is 7.14. The van der Waals surface area contributed by atoms with Gasteiger partial charge in [-0.2, -0.15) is 0 Å². The number of amides is 1. The highest BCUT2D eigenvalue weighted by molar-refractivity contribution is 5.97. The molecule has 4 aromatic carbocycles. The van der Waals surface area contributed by atoms with Crippen LogP contribution in [0.1, 0.15) is 33.1 Å². The van der Waals surface area contributed by atoms with Crippen molar-refractivity contribution in [3.63, 3.8) is 0 Å². The lowest BCUT2D eigenvalue weighted by molar-refractivity contribution is 0.0938. The average Bonchev–Trinajstić information content (AvgIpc) is 2.83. The summed E-state index contributed by atoms with van der Waals surface area (Å²) in [6, 6.07) is 32.7. The van der Waals surface area contributed by atoms with Crippen LogP contribution in [0.4, 0.5) is 4.39 Å². The zero-order valence-electron chi connectivity index (χ0n) is 16.9. The fourth-order valence-electron chi connectivity index (χ4n) is 3.38. The number of hydrogen-bond acceptors (Lipinski definition) is 2. The van der Waals surface area contributed by atoms with Crippen LogP contribution in [-0.4, -0.2) is 5.91 Å². The number of para-hydroxylation sites is 1. The molecule has 0 aliphatic heterocycles. The summed E-state index contributed by atoms with van der Waals surface area (Å²) < 4.78 is 19.0. The third kappa shape index (κ3) is 5.17. The molecule has 0 fully saturated rings. The molecule has 154 valence electrons. The van der Waals surface area contributed by atoms with E-state index in [0.29, 0.717) is 11.3 Å². The molecular formula is C27H22FNO2. The molecule has 0 heterocycles. The number of nitrogens with one attached hydrogen (secondary N) is 1. The normalized spacial score (nSPS) is 10.6. The van der Waals surface area contributed by atoms with Gasteiger partial charge in [0.2, 0.25) is 0 Å². The first kappa shape index (κ1) is 20.4. The van der Waals surface area contributed by atoms with Crippen molar-refractivity contribution < 1.29 is 13.9 Å². The Kier molecular flexibility index (Phi) is 6.38. The van der Waals surface area contributed by atoms with Gasteiger partial charge in [-0.1, -0.05) is 84.9 Å². The zero-order chi connectivity index (χ0) is 21.5. The summed E-state index contributed by atoms with van der Waals surface area (Å²) in [7, 11) is 0. The summed E-state index contributed by atoms with van der Waals surface area (Å²) >= 11 is 0. The summed E-state index contributed by atoms with van der Waals surface area (Å²) in [4.78, 5) is 13.2. The monoisotopic (exact) mass is 411 g/mol. The van der Waals surface area contributed by atoms with E-state index in [-0.39, 0.29) is 24.4 Å². The first-order valence-electron chi connectivity index (χ1n) is 10.1. The van der Waals surface area contributed by atoms with Gasteiger partial charge in [-0.05, 0) is 41.0 Å². The molecule has 0 radical (unpaired) electrons. The lowest BCUT2D eigenvalue weighted by atomic mass is 9.98. The molecule has 31 heavy (non-hydrogen) atoms. The summed E-state index contributed by atoms with van der Waals surface area (Å²) in [6.45, 7) is 0.241. The Morgan fingerprint density at radius 1 is 0.742 bits per heavy atom. The molecule has 0 aliphatic rings. The quantitative estimate of drug-likeness (QED) is 0.410. The predicted octanol–water partition coefficient (Wildman–Crippen LogP) is 5.92. The van der Waals surface area contributed by atoms with Crippen molar-refractivity contribution in [2.45, 2.75) is 12.6 Å². The van der Waals surface area contributed by atoms with Gasteiger partial charge in [-0.15, -0.1) is 0 Å². The van der Waals surface area contributed by atoms with Crippen LogP contribution in [0.2, 0.25) is 0 Å². The van der Waals surface area contributed by atoms with Crippen molar-refractivity contribution in [1.82, 2.24) is 5.32 Å². The van der Waals surface area contributed by atoms with E-state index >= 15 is 0 Å². The number of hydrogen-bond donors (Lipinski definition) is 1. The van der Waals surface area contributed by atoms with E-state index in [1.165, 1.54) is 12.1 Å². The zero-order valence-corrected chi connectivity index (χ0v) is 16.9. The summed E-state index contributed by atoms with van der Waals surface area (Å²) in [5, 5.41) is 3.14. The highest BCUT2D eigenvalue weighted by Gasteiger charge is 2.20. The van der Waals surface area contributed by atoms with Gasteiger partial charge in [0.25, 0.3) is 5.91 Å². The minimum atomic E-state index is -0.295. The molecule has 3 nitrogen and oxygen atoms in total. The maximum absolute atomic E-state index is 13.2. The van der Waals surface area contributed by atoms with Gasteiger partial charge in [-0.3, -0.25) is 4.79 Å². The molecule has 1 amide bonds. The van der Waals surface area contributed by atoms with Crippen molar-refractivity contribution >= 4 is 5.91 Å². The van der Waals surface area contributed by atoms with Crippen molar-refractivity contribution in [2.75, 3.05) is 0 Å². The Morgan fingerprint density at radius 3 is 1.90 bits per heavy atom. The lowest BCUT2D eigenvalue weighted by Crippen LogP contribution is -2.29. The van der Waals surface area contributed by atoms with Crippen LogP contribution >= 0.6 is 0 Å². The van der Waals surface area contributed by atoms with Gasteiger partial charge >= 0.3 is 0 Å². The van der Waals surface area contributed by atoms with Crippen LogP contribution < -0.4 is 10.1 Å². The van der Waals surface area contributed by atoms with Crippen LogP contribution in [0.25, 0.3) is 0 Å². The van der Waals surface area contributed by atoms with E-state index in [2.05, 4.69) is 5.32 Å². The molecule has 1 N–H and O–H groups in total. The van der Waals surface area contributed by atoms with Gasteiger partial charge in [0, 0.05) is 0 Å². The molecule has 0 saturated heterocycles. The number of benzene rings is 4. The van der Waals surface area contributed by atoms with Crippen LogP contribution in [0.15, 0.2) is 109 Å². The minimum absolute atomic E-state index is 0.229. The molecule has 0 atom stereocenters. The van der Waals surface area contributed by atoms with Crippen molar-refractivity contribution in [1.29, 1.82) is 0 Å². The third-order valence-corrected chi connectivity index (χ3v) is 4.98. The Bertz CT molecular complexity index is 1090. The second kappa shape index (κ2) is 9.72. The molecule has 0 bridgehead atoms. The van der Waals surface area contributed by atoms with E-state index in [4.69, 9.17) is 4.74 Å². The fourth-order valence-corrected chi connectivity index (χ4v) is 3.38. The van der Waals surface area contributed by atoms with Crippen LogP contribution in [0, 0.1) is 5.82 Å². The van der Waals surface area contributed by atoms with Gasteiger partial charge in [0.1, 0.15) is 18.2 Å². The molecule has 0 aliphatic carbocycles. The van der Waals surface area contributed by atoms with Gasteiger partial charge in [-0.25, -0.2) is 4.39 Å². The highest BCUT2D eigenvalue weighted by atomic mass is 19.1. The molecule has 4 rings (SSSR count). The van der Waals surface area contributed by atoms with Crippen molar-refractivity contribution in [3.8, 4) is 5.75 Å². The number of carbonyl (C=O) groups excluding carboxylic acids is 1. The molecule has 0 aromatic heterocycles. The van der Waals surface area contributed by atoms with E-state index < -0.39 is 0 Å². The average molecular weight is 411 g/mol. The Morgan fingerprint density at radius 2 is 1.29 bits per heavy atom. The SMILES string of the molecule is O=C(NC(c1ccccc1)c1ccccc1)c1ccccc1OCc1ccc(F)cc1. The van der Waals surface area contributed by atoms with E-state index in [1.54, 1.807) is 30.3 Å². The van der Waals surface area contributed by atoms with Crippen LogP contribution in [-0.2, 0) is 6.61 Å². The third-order valence-electron chi connectivity index (χ3n) is 4.98. The Hall–Kier alpha value is -3.92. The first-order valence-corrected chi connectivity index (χ1v) is 10.1. The number of ether oxygens (including phenoxy) is 1. The molecule has 4 heteroatoms. The maximum Gasteiger partial charge on any atom is 0.255 e. The number of carbonyl (C=O) groups is 1. The smallest absolute Gasteiger partial charge is 0.255 e.